The Balaban J connectivity index is 1.92. The molecule has 0 atom stereocenters. The summed E-state index contributed by atoms with van der Waals surface area (Å²) in [5.41, 5.74) is 6.95. The van der Waals surface area contributed by atoms with Gasteiger partial charge in [-0.15, -0.1) is 0 Å². The standard InChI is InChI=1S/C15H13ClFN3O2/c16-12-7-11(18)5-6-13(12)20-15(22)14(21)19-8-9-1-3-10(17)4-2-9/h1-7H,8,18H2,(H,19,21)(H,20,22). The number of carbonyl (C=O) groups excluding carboxylic acids is 2. The van der Waals surface area contributed by atoms with Gasteiger partial charge in [-0.1, -0.05) is 23.7 Å². The van der Waals surface area contributed by atoms with E-state index in [0.29, 0.717) is 11.3 Å². The van der Waals surface area contributed by atoms with Crippen LogP contribution >= 0.6 is 11.6 Å². The minimum atomic E-state index is -0.853. The summed E-state index contributed by atoms with van der Waals surface area (Å²) < 4.78 is 12.7. The van der Waals surface area contributed by atoms with Crippen LogP contribution < -0.4 is 16.4 Å². The van der Waals surface area contributed by atoms with E-state index >= 15 is 0 Å². The van der Waals surface area contributed by atoms with Crippen molar-refractivity contribution in [3.63, 3.8) is 0 Å². The molecule has 2 aromatic carbocycles. The average Bonchev–Trinajstić information content (AvgIpc) is 2.49. The van der Waals surface area contributed by atoms with E-state index < -0.39 is 11.8 Å². The lowest BCUT2D eigenvalue weighted by Crippen LogP contribution is -2.35. The predicted molar refractivity (Wildman–Crippen MR) is 82.7 cm³/mol. The Hall–Kier alpha value is -2.60. The van der Waals surface area contributed by atoms with E-state index in [1.807, 2.05) is 0 Å². The van der Waals surface area contributed by atoms with Gasteiger partial charge in [0.25, 0.3) is 0 Å². The minimum Gasteiger partial charge on any atom is -0.399 e. The monoisotopic (exact) mass is 321 g/mol. The van der Waals surface area contributed by atoms with Crippen molar-refractivity contribution in [1.29, 1.82) is 0 Å². The first-order valence-electron chi connectivity index (χ1n) is 6.34. The number of nitrogens with two attached hydrogens (primary N) is 1. The first kappa shape index (κ1) is 15.8. The van der Waals surface area contributed by atoms with Gasteiger partial charge in [0.1, 0.15) is 5.82 Å². The topological polar surface area (TPSA) is 84.2 Å². The number of amides is 2. The van der Waals surface area contributed by atoms with Gasteiger partial charge in [-0.2, -0.15) is 0 Å². The molecule has 5 nitrogen and oxygen atoms in total. The minimum absolute atomic E-state index is 0.113. The zero-order valence-electron chi connectivity index (χ0n) is 11.4. The number of hydrogen-bond acceptors (Lipinski definition) is 3. The quantitative estimate of drug-likeness (QED) is 0.599. The fourth-order valence-corrected chi connectivity index (χ4v) is 1.91. The van der Waals surface area contributed by atoms with E-state index in [1.165, 1.54) is 36.4 Å². The van der Waals surface area contributed by atoms with Crippen LogP contribution in [-0.2, 0) is 16.1 Å². The van der Waals surface area contributed by atoms with Crippen molar-refractivity contribution in [3.05, 3.63) is 58.9 Å². The summed E-state index contributed by atoms with van der Waals surface area (Å²) in [6.45, 7) is 0.113. The summed E-state index contributed by atoms with van der Waals surface area (Å²) in [6.07, 6.45) is 0. The Bertz CT molecular complexity index is 704. The normalized spacial score (nSPS) is 10.1. The molecule has 0 heterocycles. The molecular weight excluding hydrogens is 309 g/mol. The van der Waals surface area contributed by atoms with E-state index in [0.717, 1.165) is 0 Å². The number of rotatable bonds is 3. The molecule has 2 rings (SSSR count). The van der Waals surface area contributed by atoms with Gasteiger partial charge in [0, 0.05) is 12.2 Å². The van der Waals surface area contributed by atoms with Crippen LogP contribution in [0.1, 0.15) is 5.56 Å². The number of benzene rings is 2. The first-order chi connectivity index (χ1) is 10.5. The highest BCUT2D eigenvalue weighted by Gasteiger charge is 2.14. The van der Waals surface area contributed by atoms with E-state index in [2.05, 4.69) is 10.6 Å². The lowest BCUT2D eigenvalue weighted by Gasteiger charge is -2.08. The maximum Gasteiger partial charge on any atom is 0.313 e. The molecule has 0 spiro atoms. The van der Waals surface area contributed by atoms with E-state index in [9.17, 15) is 14.0 Å². The van der Waals surface area contributed by atoms with E-state index in [4.69, 9.17) is 17.3 Å². The molecule has 2 aromatic rings. The highest BCUT2D eigenvalue weighted by Crippen LogP contribution is 2.23. The molecule has 0 unspecified atom stereocenters. The van der Waals surface area contributed by atoms with Crippen molar-refractivity contribution in [2.75, 3.05) is 11.1 Å². The number of hydrogen-bond donors (Lipinski definition) is 3. The molecule has 4 N–H and O–H groups in total. The van der Waals surface area contributed by atoms with Crippen LogP contribution in [0.15, 0.2) is 42.5 Å². The van der Waals surface area contributed by atoms with Crippen LogP contribution in [0.2, 0.25) is 5.02 Å². The molecule has 0 bridgehead atoms. The molecule has 0 saturated carbocycles. The maximum absolute atomic E-state index is 12.7. The van der Waals surface area contributed by atoms with Gasteiger partial charge >= 0.3 is 11.8 Å². The molecule has 0 aliphatic rings. The summed E-state index contributed by atoms with van der Waals surface area (Å²) in [6, 6.07) is 10.1. The number of nitrogens with one attached hydrogen (secondary N) is 2. The average molecular weight is 322 g/mol. The van der Waals surface area contributed by atoms with Crippen molar-refractivity contribution >= 4 is 34.8 Å². The summed E-state index contributed by atoms with van der Waals surface area (Å²) in [5.74, 6) is -2.04. The smallest absolute Gasteiger partial charge is 0.313 e. The summed E-state index contributed by atoms with van der Waals surface area (Å²) in [7, 11) is 0. The number of nitrogen functional groups attached to an aromatic ring is 1. The zero-order chi connectivity index (χ0) is 16.1. The molecule has 114 valence electrons. The Morgan fingerprint density at radius 1 is 1.09 bits per heavy atom. The van der Waals surface area contributed by atoms with Crippen molar-refractivity contribution < 1.29 is 14.0 Å². The molecular formula is C15H13ClFN3O2. The summed E-state index contributed by atoms with van der Waals surface area (Å²) in [4.78, 5) is 23.5. The second kappa shape index (κ2) is 6.91. The van der Waals surface area contributed by atoms with Crippen LogP contribution in [0.4, 0.5) is 15.8 Å². The van der Waals surface area contributed by atoms with Gasteiger partial charge in [-0.25, -0.2) is 4.39 Å². The SMILES string of the molecule is Nc1ccc(NC(=O)C(=O)NCc2ccc(F)cc2)c(Cl)c1. The van der Waals surface area contributed by atoms with Crippen LogP contribution in [0.25, 0.3) is 0 Å². The van der Waals surface area contributed by atoms with Gasteiger partial charge in [0.2, 0.25) is 0 Å². The largest absolute Gasteiger partial charge is 0.399 e. The zero-order valence-corrected chi connectivity index (χ0v) is 12.2. The number of halogens is 2. The molecule has 7 heteroatoms. The Kier molecular flexibility index (Phi) is 4.95. The first-order valence-corrected chi connectivity index (χ1v) is 6.72. The van der Waals surface area contributed by atoms with Crippen LogP contribution in [-0.4, -0.2) is 11.8 Å². The lowest BCUT2D eigenvalue weighted by molar-refractivity contribution is -0.136. The van der Waals surface area contributed by atoms with Gasteiger partial charge in [0.05, 0.1) is 10.7 Å². The Morgan fingerprint density at radius 2 is 1.77 bits per heavy atom. The second-order valence-corrected chi connectivity index (χ2v) is 4.91. The third kappa shape index (κ3) is 4.20. The van der Waals surface area contributed by atoms with Gasteiger partial charge in [0.15, 0.2) is 0 Å². The van der Waals surface area contributed by atoms with E-state index in [1.54, 1.807) is 6.07 Å². The predicted octanol–water partition coefficient (Wildman–Crippen LogP) is 2.32. The molecule has 2 amide bonds. The van der Waals surface area contributed by atoms with Gasteiger partial charge < -0.3 is 16.4 Å². The molecule has 0 aliphatic heterocycles. The lowest BCUT2D eigenvalue weighted by atomic mass is 10.2. The molecule has 0 aromatic heterocycles. The summed E-state index contributed by atoms with van der Waals surface area (Å²) in [5, 5.41) is 5.05. The Morgan fingerprint density at radius 3 is 2.41 bits per heavy atom. The Labute approximate surface area is 131 Å². The number of carbonyl (C=O) groups is 2. The van der Waals surface area contributed by atoms with E-state index in [-0.39, 0.29) is 23.1 Å². The molecule has 0 fully saturated rings. The van der Waals surface area contributed by atoms with Crippen molar-refractivity contribution in [1.82, 2.24) is 5.32 Å². The van der Waals surface area contributed by atoms with Gasteiger partial charge in [-0.3, -0.25) is 9.59 Å². The highest BCUT2D eigenvalue weighted by atomic mass is 35.5. The third-order valence-electron chi connectivity index (χ3n) is 2.81. The highest BCUT2D eigenvalue weighted by molar-refractivity contribution is 6.41. The van der Waals surface area contributed by atoms with Crippen LogP contribution in [0.5, 0.6) is 0 Å². The van der Waals surface area contributed by atoms with Crippen molar-refractivity contribution in [2.24, 2.45) is 0 Å². The summed E-state index contributed by atoms with van der Waals surface area (Å²) >= 11 is 5.90. The fourth-order valence-electron chi connectivity index (χ4n) is 1.68. The fraction of sp³-hybridized carbons (Fsp3) is 0.0667. The van der Waals surface area contributed by atoms with Crippen molar-refractivity contribution in [2.45, 2.75) is 6.54 Å². The van der Waals surface area contributed by atoms with Gasteiger partial charge in [-0.05, 0) is 35.9 Å². The molecule has 0 saturated heterocycles. The van der Waals surface area contributed by atoms with Crippen LogP contribution in [0.3, 0.4) is 0 Å². The maximum atomic E-state index is 12.7. The second-order valence-electron chi connectivity index (χ2n) is 4.50. The van der Waals surface area contributed by atoms with Crippen LogP contribution in [0, 0.1) is 5.82 Å². The molecule has 0 aliphatic carbocycles. The molecule has 22 heavy (non-hydrogen) atoms. The third-order valence-corrected chi connectivity index (χ3v) is 3.13. The van der Waals surface area contributed by atoms with Crippen molar-refractivity contribution in [3.8, 4) is 0 Å². The molecule has 0 radical (unpaired) electrons. The number of anilines is 2.